The number of nitrogens with one attached hydrogen (secondary N) is 1. The lowest BCUT2D eigenvalue weighted by molar-refractivity contribution is -0.652. The Morgan fingerprint density at radius 2 is 1.72 bits per heavy atom. The lowest BCUT2D eigenvalue weighted by Crippen LogP contribution is -2.29. The Labute approximate surface area is 146 Å². The highest BCUT2D eigenvalue weighted by atomic mass is 32.3. The lowest BCUT2D eigenvalue weighted by atomic mass is 10.3. The molecule has 1 aromatic heterocycles. The van der Waals surface area contributed by atoms with E-state index in [1.807, 2.05) is 78.5 Å². The summed E-state index contributed by atoms with van der Waals surface area (Å²) < 4.78 is 38.8. The summed E-state index contributed by atoms with van der Waals surface area (Å²) in [5.74, 6) is 0.810. The second-order valence-corrected chi connectivity index (χ2v) is 6.04. The average Bonchev–Trinajstić information content (AvgIpc) is 2.92. The zero-order valence-electron chi connectivity index (χ0n) is 13.7. The van der Waals surface area contributed by atoms with Crippen LogP contribution in [-0.4, -0.2) is 20.1 Å². The highest BCUT2D eigenvalue weighted by Gasteiger charge is 2.15. The van der Waals surface area contributed by atoms with Crippen molar-refractivity contribution in [1.29, 1.82) is 0 Å². The van der Waals surface area contributed by atoms with Crippen LogP contribution in [0.4, 0.5) is 5.69 Å². The smallest absolute Gasteiger partial charge is 0.375 e. The molecule has 7 nitrogen and oxygen atoms in total. The van der Waals surface area contributed by atoms with Gasteiger partial charge in [-0.05, 0) is 18.2 Å². The van der Waals surface area contributed by atoms with Gasteiger partial charge in [0.1, 0.15) is 7.05 Å². The van der Waals surface area contributed by atoms with Gasteiger partial charge in [-0.1, -0.05) is 30.3 Å². The van der Waals surface area contributed by atoms with E-state index in [4.69, 9.17) is 4.42 Å². The number of para-hydroxylation sites is 3. The molecule has 3 aromatic rings. The number of hydrogen-bond acceptors (Lipinski definition) is 6. The Balaban J connectivity index is 0.000000326. The first kappa shape index (κ1) is 18.7. The molecule has 0 amide bonds. The summed E-state index contributed by atoms with van der Waals surface area (Å²) in [5.41, 5.74) is 3.03. The Morgan fingerprint density at radius 3 is 2.32 bits per heavy atom. The first-order valence-corrected chi connectivity index (χ1v) is 8.61. The van der Waals surface area contributed by atoms with E-state index in [0.717, 1.165) is 29.8 Å². The number of hydrogen-bond donors (Lipinski definition) is 1. The van der Waals surface area contributed by atoms with Gasteiger partial charge in [0, 0.05) is 18.0 Å². The van der Waals surface area contributed by atoms with Crippen molar-refractivity contribution in [2.45, 2.75) is 0 Å². The number of aryl methyl sites for hydroxylation is 1. The molecule has 132 valence electrons. The van der Waals surface area contributed by atoms with E-state index in [9.17, 15) is 13.0 Å². The number of oxazole rings is 1. The Hall–Kier alpha value is -2.68. The maximum Gasteiger partial charge on any atom is 0.375 e. The number of fused-ring (bicyclic) bond motifs is 1. The summed E-state index contributed by atoms with van der Waals surface area (Å²) in [4.78, 5) is 0. The Morgan fingerprint density at radius 1 is 1.12 bits per heavy atom. The molecule has 0 aliphatic heterocycles. The largest absolute Gasteiger partial charge is 0.726 e. The van der Waals surface area contributed by atoms with Crippen molar-refractivity contribution < 1.29 is 26.1 Å². The van der Waals surface area contributed by atoms with Crippen molar-refractivity contribution in [2.75, 3.05) is 12.4 Å². The molecule has 0 aliphatic carbocycles. The van der Waals surface area contributed by atoms with E-state index < -0.39 is 10.4 Å². The van der Waals surface area contributed by atoms with E-state index in [1.165, 1.54) is 0 Å². The number of anilines is 1. The highest BCUT2D eigenvalue weighted by Crippen LogP contribution is 2.13. The van der Waals surface area contributed by atoms with E-state index in [1.54, 1.807) is 0 Å². The number of aromatic nitrogens is 1. The van der Waals surface area contributed by atoms with Crippen molar-refractivity contribution in [3.05, 3.63) is 66.7 Å². The Bertz CT molecular complexity index is 950. The minimum Gasteiger partial charge on any atom is -0.726 e. The topological polar surface area (TPSA) is 95.5 Å². The fourth-order valence-electron chi connectivity index (χ4n) is 2.01. The predicted octanol–water partition coefficient (Wildman–Crippen LogP) is 2.43. The van der Waals surface area contributed by atoms with Gasteiger partial charge < -0.3 is 14.3 Å². The molecule has 1 N–H and O–H groups in total. The number of rotatable bonds is 4. The first-order valence-electron chi connectivity index (χ1n) is 7.28. The van der Waals surface area contributed by atoms with Crippen LogP contribution < -0.4 is 9.88 Å². The molecule has 0 saturated carbocycles. The van der Waals surface area contributed by atoms with Crippen LogP contribution >= 0.6 is 0 Å². The molecule has 1 heterocycles. The summed E-state index contributed by atoms with van der Waals surface area (Å²) in [6, 6.07) is 18.0. The molecule has 2 aromatic carbocycles. The van der Waals surface area contributed by atoms with Gasteiger partial charge in [-0.25, -0.2) is 8.42 Å². The SMILES string of the molecule is COS(=O)(=O)[O-].C[n+]1c(/C=C/Nc2ccccc2)oc2ccccc21. The van der Waals surface area contributed by atoms with Crippen LogP contribution in [-0.2, 0) is 21.6 Å². The van der Waals surface area contributed by atoms with Crippen LogP contribution in [0.15, 0.2) is 65.2 Å². The molecule has 0 unspecified atom stereocenters. The van der Waals surface area contributed by atoms with Crippen molar-refractivity contribution >= 4 is 33.3 Å². The maximum absolute atomic E-state index is 9.22. The molecule has 25 heavy (non-hydrogen) atoms. The van der Waals surface area contributed by atoms with Crippen LogP contribution in [0.2, 0.25) is 0 Å². The van der Waals surface area contributed by atoms with Gasteiger partial charge in [-0.3, -0.25) is 4.18 Å². The summed E-state index contributed by atoms with van der Waals surface area (Å²) in [7, 11) is -1.61. The van der Waals surface area contributed by atoms with Crippen LogP contribution in [0.25, 0.3) is 17.2 Å². The van der Waals surface area contributed by atoms with E-state index >= 15 is 0 Å². The third kappa shape index (κ3) is 5.71. The van der Waals surface area contributed by atoms with Gasteiger partial charge in [0.15, 0.2) is 0 Å². The van der Waals surface area contributed by atoms with Gasteiger partial charge in [-0.2, -0.15) is 4.57 Å². The third-order valence-corrected chi connectivity index (χ3v) is 3.63. The van der Waals surface area contributed by atoms with Crippen LogP contribution in [0, 0.1) is 0 Å². The maximum atomic E-state index is 9.22. The van der Waals surface area contributed by atoms with E-state index in [2.05, 4.69) is 9.50 Å². The quantitative estimate of drug-likeness (QED) is 0.435. The molecule has 3 rings (SSSR count). The monoisotopic (exact) mass is 362 g/mol. The lowest BCUT2D eigenvalue weighted by Gasteiger charge is -1.98. The Kier molecular flexibility index (Phi) is 6.29. The minimum atomic E-state index is -4.41. The van der Waals surface area contributed by atoms with Crippen LogP contribution in [0.3, 0.4) is 0 Å². The number of nitrogens with zero attached hydrogens (tertiary/aromatic N) is 1. The van der Waals surface area contributed by atoms with Gasteiger partial charge in [-0.15, -0.1) is 0 Å². The molecule has 0 fully saturated rings. The molecular weight excluding hydrogens is 344 g/mol. The standard InChI is InChI=1S/C16H14N2O.CH4O4S/c1-18-14-9-5-6-10-15(14)19-16(18)11-12-17-13-7-3-2-4-8-13;1-5-6(2,3)4/h2-12H,1H3;1H3,(H,2,3,4). The van der Waals surface area contributed by atoms with Crippen LogP contribution in [0.1, 0.15) is 5.89 Å². The van der Waals surface area contributed by atoms with Crippen molar-refractivity contribution in [2.24, 2.45) is 7.05 Å². The summed E-state index contributed by atoms with van der Waals surface area (Å²) >= 11 is 0. The summed E-state index contributed by atoms with van der Waals surface area (Å²) in [6.45, 7) is 0. The van der Waals surface area contributed by atoms with E-state index in [0.29, 0.717) is 0 Å². The second kappa shape index (κ2) is 8.43. The van der Waals surface area contributed by atoms with Gasteiger partial charge in [0.05, 0.1) is 13.2 Å². The third-order valence-electron chi connectivity index (χ3n) is 3.23. The zero-order chi connectivity index (χ0) is 18.3. The fraction of sp³-hybridized carbons (Fsp3) is 0.118. The minimum absolute atomic E-state index is 0.808. The average molecular weight is 362 g/mol. The predicted molar refractivity (Wildman–Crippen MR) is 93.2 cm³/mol. The van der Waals surface area contributed by atoms with Gasteiger partial charge in [0.25, 0.3) is 5.52 Å². The molecule has 0 atom stereocenters. The van der Waals surface area contributed by atoms with Crippen LogP contribution in [0.5, 0.6) is 0 Å². The fourth-order valence-corrected chi connectivity index (χ4v) is 2.01. The van der Waals surface area contributed by atoms with E-state index in [-0.39, 0.29) is 0 Å². The van der Waals surface area contributed by atoms with Crippen molar-refractivity contribution in [3.63, 3.8) is 0 Å². The number of benzene rings is 2. The summed E-state index contributed by atoms with van der Waals surface area (Å²) in [5, 5.41) is 3.21. The van der Waals surface area contributed by atoms with Crippen molar-refractivity contribution in [1.82, 2.24) is 0 Å². The molecular formula is C17H18N2O5S. The first-order chi connectivity index (χ1) is 11.9. The molecule has 0 radical (unpaired) electrons. The molecule has 0 bridgehead atoms. The molecule has 8 heteroatoms. The second-order valence-electron chi connectivity index (χ2n) is 4.89. The van der Waals surface area contributed by atoms with Gasteiger partial charge >= 0.3 is 5.89 Å². The van der Waals surface area contributed by atoms with Crippen molar-refractivity contribution in [3.8, 4) is 0 Å². The molecule has 0 saturated heterocycles. The summed E-state index contributed by atoms with van der Waals surface area (Å²) in [6.07, 6.45) is 3.81. The normalized spacial score (nSPS) is 11.3. The van der Waals surface area contributed by atoms with Gasteiger partial charge in [0.2, 0.25) is 16.0 Å². The molecule has 0 aliphatic rings. The highest BCUT2D eigenvalue weighted by molar-refractivity contribution is 7.80. The molecule has 0 spiro atoms. The zero-order valence-corrected chi connectivity index (χ0v) is 14.6.